The average molecular weight is 270 g/mol. The van der Waals surface area contributed by atoms with Crippen molar-refractivity contribution in [2.75, 3.05) is 11.9 Å². The molecule has 2 aromatic rings. The first-order chi connectivity index (χ1) is 9.63. The van der Waals surface area contributed by atoms with E-state index in [1.54, 1.807) is 18.3 Å². The number of aromatic nitrogens is 1. The average Bonchev–Trinajstić information content (AvgIpc) is 2.47. The molecule has 4 N–H and O–H groups in total. The van der Waals surface area contributed by atoms with E-state index in [4.69, 9.17) is 11.5 Å². The van der Waals surface area contributed by atoms with Gasteiger partial charge in [-0.1, -0.05) is 24.3 Å². The van der Waals surface area contributed by atoms with Crippen LogP contribution in [0.1, 0.15) is 21.5 Å². The van der Waals surface area contributed by atoms with Crippen molar-refractivity contribution in [3.8, 4) is 0 Å². The van der Waals surface area contributed by atoms with Crippen LogP contribution in [0.4, 0.5) is 5.82 Å². The predicted octanol–water partition coefficient (Wildman–Crippen LogP) is 1.28. The Morgan fingerprint density at radius 3 is 2.55 bits per heavy atom. The highest BCUT2D eigenvalue weighted by atomic mass is 16.1. The lowest BCUT2D eigenvalue weighted by molar-refractivity contribution is 0.100. The summed E-state index contributed by atoms with van der Waals surface area (Å²) in [6.07, 6.45) is 1.65. The summed E-state index contributed by atoms with van der Waals surface area (Å²) in [5, 5.41) is 0. The minimum Gasteiger partial charge on any atom is -0.365 e. The maximum Gasteiger partial charge on any atom is 0.252 e. The number of nitrogens with two attached hydrogens (primary N) is 2. The third-order valence-corrected chi connectivity index (χ3v) is 3.16. The van der Waals surface area contributed by atoms with Crippen LogP contribution in [0.25, 0.3) is 0 Å². The van der Waals surface area contributed by atoms with Crippen molar-refractivity contribution in [2.24, 2.45) is 11.5 Å². The van der Waals surface area contributed by atoms with Crippen LogP contribution < -0.4 is 16.4 Å². The monoisotopic (exact) mass is 270 g/mol. The minimum absolute atomic E-state index is 0.417. The maximum absolute atomic E-state index is 11.4. The molecule has 20 heavy (non-hydrogen) atoms. The molecule has 5 heteroatoms. The molecule has 104 valence electrons. The fourth-order valence-electron chi connectivity index (χ4n) is 2.13. The zero-order chi connectivity index (χ0) is 14.5. The molecule has 0 aliphatic carbocycles. The molecule has 0 aliphatic rings. The van der Waals surface area contributed by atoms with Gasteiger partial charge in [0, 0.05) is 26.3 Å². The number of pyridine rings is 1. The molecule has 1 amide bonds. The van der Waals surface area contributed by atoms with E-state index in [0.717, 1.165) is 11.1 Å². The van der Waals surface area contributed by atoms with Crippen molar-refractivity contribution < 1.29 is 4.79 Å². The van der Waals surface area contributed by atoms with Crippen molar-refractivity contribution in [2.45, 2.75) is 13.1 Å². The Balaban J connectivity index is 2.29. The van der Waals surface area contributed by atoms with E-state index in [2.05, 4.69) is 4.98 Å². The van der Waals surface area contributed by atoms with Gasteiger partial charge in [-0.2, -0.15) is 0 Å². The van der Waals surface area contributed by atoms with Crippen LogP contribution in [0.2, 0.25) is 0 Å². The number of primary amides is 1. The van der Waals surface area contributed by atoms with Crippen LogP contribution >= 0.6 is 0 Å². The quantitative estimate of drug-likeness (QED) is 0.857. The second-order valence-electron chi connectivity index (χ2n) is 4.57. The molecule has 0 unspecified atom stereocenters. The number of rotatable bonds is 5. The fourth-order valence-corrected chi connectivity index (χ4v) is 2.13. The molecule has 2 rings (SSSR count). The molecular weight excluding hydrogens is 252 g/mol. The SMILES string of the molecule is CN(Cc1ccccc1CN)c1ncccc1C(N)=O. The number of amides is 1. The topological polar surface area (TPSA) is 85.2 Å². The third kappa shape index (κ3) is 2.95. The van der Waals surface area contributed by atoms with Gasteiger partial charge in [-0.15, -0.1) is 0 Å². The van der Waals surface area contributed by atoms with Crippen LogP contribution in [0.5, 0.6) is 0 Å². The van der Waals surface area contributed by atoms with Gasteiger partial charge in [0.2, 0.25) is 0 Å². The summed E-state index contributed by atoms with van der Waals surface area (Å²) in [4.78, 5) is 17.6. The summed E-state index contributed by atoms with van der Waals surface area (Å²) < 4.78 is 0. The zero-order valence-electron chi connectivity index (χ0n) is 11.4. The molecule has 1 aromatic carbocycles. The number of hydrogen-bond donors (Lipinski definition) is 2. The van der Waals surface area contributed by atoms with Crippen LogP contribution in [0, 0.1) is 0 Å². The summed E-state index contributed by atoms with van der Waals surface area (Å²) in [5.74, 6) is 0.0962. The Hall–Kier alpha value is -2.40. The zero-order valence-corrected chi connectivity index (χ0v) is 11.4. The van der Waals surface area contributed by atoms with Gasteiger partial charge < -0.3 is 16.4 Å². The second-order valence-corrected chi connectivity index (χ2v) is 4.57. The number of nitrogens with zero attached hydrogens (tertiary/aromatic N) is 2. The molecule has 5 nitrogen and oxygen atoms in total. The number of benzene rings is 1. The van der Waals surface area contributed by atoms with Gasteiger partial charge in [0.1, 0.15) is 5.82 Å². The van der Waals surface area contributed by atoms with Gasteiger partial charge in [-0.05, 0) is 23.3 Å². The molecule has 0 radical (unpaired) electrons. The second kappa shape index (κ2) is 6.16. The Labute approximate surface area is 118 Å². The van der Waals surface area contributed by atoms with Gasteiger partial charge in [-0.25, -0.2) is 4.98 Å². The number of carbonyl (C=O) groups is 1. The van der Waals surface area contributed by atoms with E-state index in [-0.39, 0.29) is 0 Å². The third-order valence-electron chi connectivity index (χ3n) is 3.16. The molecular formula is C15H18N4O. The van der Waals surface area contributed by atoms with Gasteiger partial charge in [0.15, 0.2) is 0 Å². The van der Waals surface area contributed by atoms with E-state index in [9.17, 15) is 4.79 Å². The maximum atomic E-state index is 11.4. The lowest BCUT2D eigenvalue weighted by Gasteiger charge is -2.21. The van der Waals surface area contributed by atoms with Crippen LogP contribution in [0.15, 0.2) is 42.6 Å². The highest BCUT2D eigenvalue weighted by Crippen LogP contribution is 2.19. The fraction of sp³-hybridized carbons (Fsp3) is 0.200. The molecule has 0 saturated carbocycles. The number of carbonyl (C=O) groups excluding carboxylic acids is 1. The highest BCUT2D eigenvalue weighted by Gasteiger charge is 2.13. The van der Waals surface area contributed by atoms with Gasteiger partial charge in [-0.3, -0.25) is 4.79 Å². The molecule has 1 heterocycles. The standard InChI is InChI=1S/C15H18N4O/c1-19(10-12-6-3-2-5-11(12)9-16)15-13(14(17)20)7-4-8-18-15/h2-8H,9-10,16H2,1H3,(H2,17,20). The normalized spacial score (nSPS) is 10.3. The number of hydrogen-bond acceptors (Lipinski definition) is 4. The minimum atomic E-state index is -0.480. The first-order valence-corrected chi connectivity index (χ1v) is 6.36. The van der Waals surface area contributed by atoms with Gasteiger partial charge in [0.25, 0.3) is 5.91 Å². The van der Waals surface area contributed by atoms with Crippen molar-refractivity contribution >= 4 is 11.7 Å². The molecule has 0 fully saturated rings. The first-order valence-electron chi connectivity index (χ1n) is 6.36. The van der Waals surface area contributed by atoms with Crippen LogP contribution in [0.3, 0.4) is 0 Å². The molecule has 0 atom stereocenters. The molecule has 0 aliphatic heterocycles. The Bertz CT molecular complexity index is 612. The summed E-state index contributed by atoms with van der Waals surface area (Å²) in [5.41, 5.74) is 13.7. The molecule has 0 saturated heterocycles. The van der Waals surface area contributed by atoms with E-state index in [1.165, 1.54) is 0 Å². The lowest BCUT2D eigenvalue weighted by Crippen LogP contribution is -2.23. The Morgan fingerprint density at radius 2 is 1.90 bits per heavy atom. The van der Waals surface area contributed by atoms with Crippen molar-refractivity contribution in [3.05, 3.63) is 59.3 Å². The predicted molar refractivity (Wildman–Crippen MR) is 79.2 cm³/mol. The molecule has 0 bridgehead atoms. The van der Waals surface area contributed by atoms with E-state index >= 15 is 0 Å². The van der Waals surface area contributed by atoms with E-state index < -0.39 is 5.91 Å². The molecule has 1 aromatic heterocycles. The van der Waals surface area contributed by atoms with Crippen LogP contribution in [-0.2, 0) is 13.1 Å². The van der Waals surface area contributed by atoms with Gasteiger partial charge >= 0.3 is 0 Å². The summed E-state index contributed by atoms with van der Waals surface area (Å²) in [7, 11) is 1.88. The lowest BCUT2D eigenvalue weighted by atomic mass is 10.1. The Kier molecular flexibility index (Phi) is 4.32. The van der Waals surface area contributed by atoms with Crippen LogP contribution in [-0.4, -0.2) is 17.9 Å². The molecule has 0 spiro atoms. The van der Waals surface area contributed by atoms with E-state index in [1.807, 2.05) is 36.2 Å². The summed E-state index contributed by atoms with van der Waals surface area (Å²) in [6.45, 7) is 1.10. The number of anilines is 1. The summed E-state index contributed by atoms with van der Waals surface area (Å²) in [6, 6.07) is 11.3. The van der Waals surface area contributed by atoms with Crippen molar-refractivity contribution in [1.29, 1.82) is 0 Å². The Morgan fingerprint density at radius 1 is 1.20 bits per heavy atom. The smallest absolute Gasteiger partial charge is 0.252 e. The first kappa shape index (κ1) is 14.0. The van der Waals surface area contributed by atoms with E-state index in [0.29, 0.717) is 24.5 Å². The van der Waals surface area contributed by atoms with Gasteiger partial charge in [0.05, 0.1) is 5.56 Å². The largest absolute Gasteiger partial charge is 0.365 e. The van der Waals surface area contributed by atoms with Crippen molar-refractivity contribution in [3.63, 3.8) is 0 Å². The highest BCUT2D eigenvalue weighted by molar-refractivity contribution is 5.97. The van der Waals surface area contributed by atoms with Crippen molar-refractivity contribution in [1.82, 2.24) is 4.98 Å². The summed E-state index contributed by atoms with van der Waals surface area (Å²) >= 11 is 0.